The number of carbonyl (C=O) groups excluding carboxylic acids is 2. The number of hydrogen-bond donors (Lipinski definition) is 0. The second kappa shape index (κ2) is 7.21. The van der Waals surface area contributed by atoms with Crippen LogP contribution < -0.4 is 0 Å². The number of hydrogen-bond acceptors (Lipinski definition) is 6. The molecule has 8 heteroatoms. The minimum absolute atomic E-state index is 0.116. The number of nitrogens with zero attached hydrogens (tertiary/aromatic N) is 5. The maximum atomic E-state index is 12.7. The molecule has 0 bridgehead atoms. The van der Waals surface area contributed by atoms with E-state index in [4.69, 9.17) is 4.98 Å². The lowest BCUT2D eigenvalue weighted by Crippen LogP contribution is -2.29. The highest BCUT2D eigenvalue weighted by Crippen LogP contribution is 2.32. The van der Waals surface area contributed by atoms with Gasteiger partial charge in [0.05, 0.1) is 46.3 Å². The van der Waals surface area contributed by atoms with Crippen molar-refractivity contribution in [2.75, 3.05) is 0 Å². The first kappa shape index (κ1) is 18.6. The summed E-state index contributed by atoms with van der Waals surface area (Å²) in [5, 5.41) is 7.25. The predicted molar refractivity (Wildman–Crippen MR) is 120 cm³/mol. The average Bonchev–Trinajstić information content (AvgIpc) is 3.54. The fourth-order valence-electron chi connectivity index (χ4n) is 3.90. The largest absolute Gasteiger partial charge is 0.269 e. The van der Waals surface area contributed by atoms with Crippen LogP contribution in [0.1, 0.15) is 26.4 Å². The van der Waals surface area contributed by atoms with Gasteiger partial charge >= 0.3 is 0 Å². The third-order valence-corrected chi connectivity index (χ3v) is 6.35. The maximum absolute atomic E-state index is 12.7. The number of benzene rings is 1. The molecule has 2 amide bonds. The van der Waals surface area contributed by atoms with E-state index in [0.29, 0.717) is 16.8 Å². The molecule has 32 heavy (non-hydrogen) atoms. The van der Waals surface area contributed by atoms with Crippen molar-refractivity contribution in [3.63, 3.8) is 0 Å². The standard InChI is InChI=1S/C24H15N5O2S/c30-23-17-5-1-2-6-18(17)24(31)28(23)13-16-11-15(8-9-25-16)20-14-32-22(27-20)19-12-26-29-10-4-3-7-21(19)29/h1-12,14H,13H2. The number of rotatable bonds is 4. The molecular weight excluding hydrogens is 422 g/mol. The number of aromatic nitrogens is 4. The molecule has 6 rings (SSSR count). The van der Waals surface area contributed by atoms with Gasteiger partial charge in [-0.2, -0.15) is 5.10 Å². The normalized spacial score (nSPS) is 13.2. The summed E-state index contributed by atoms with van der Waals surface area (Å²) in [7, 11) is 0. The fraction of sp³-hybridized carbons (Fsp3) is 0.0417. The van der Waals surface area contributed by atoms with Crippen molar-refractivity contribution in [3.05, 3.63) is 95.4 Å². The summed E-state index contributed by atoms with van der Waals surface area (Å²) in [5.74, 6) is -0.580. The van der Waals surface area contributed by atoms with E-state index in [-0.39, 0.29) is 18.4 Å². The van der Waals surface area contributed by atoms with Gasteiger partial charge in [0.1, 0.15) is 5.01 Å². The lowest BCUT2D eigenvalue weighted by atomic mass is 10.1. The number of fused-ring (bicyclic) bond motifs is 2. The Hall–Kier alpha value is -4.17. The summed E-state index contributed by atoms with van der Waals surface area (Å²) in [6, 6.07) is 16.5. The Bertz CT molecular complexity index is 1480. The van der Waals surface area contributed by atoms with E-state index in [1.807, 2.05) is 52.6 Å². The van der Waals surface area contributed by atoms with Gasteiger partial charge in [-0.25, -0.2) is 9.50 Å². The molecule has 5 heterocycles. The summed E-state index contributed by atoms with van der Waals surface area (Å²) in [4.78, 5) is 35.7. The van der Waals surface area contributed by atoms with Gasteiger partial charge in [-0.3, -0.25) is 19.5 Å². The second-order valence-electron chi connectivity index (χ2n) is 7.40. The molecule has 0 fully saturated rings. The Morgan fingerprint density at radius 3 is 2.50 bits per heavy atom. The molecule has 5 aromatic rings. The van der Waals surface area contributed by atoms with Crippen LogP contribution in [0.5, 0.6) is 0 Å². The Morgan fingerprint density at radius 1 is 0.906 bits per heavy atom. The van der Waals surface area contributed by atoms with E-state index >= 15 is 0 Å². The fourth-order valence-corrected chi connectivity index (χ4v) is 4.75. The van der Waals surface area contributed by atoms with Crippen molar-refractivity contribution in [1.82, 2.24) is 24.5 Å². The zero-order chi connectivity index (χ0) is 21.7. The molecule has 0 saturated carbocycles. The number of amides is 2. The number of pyridine rings is 2. The third kappa shape index (κ3) is 2.92. The summed E-state index contributed by atoms with van der Waals surface area (Å²) in [6.07, 6.45) is 5.40. The maximum Gasteiger partial charge on any atom is 0.261 e. The van der Waals surface area contributed by atoms with Crippen molar-refractivity contribution >= 4 is 28.7 Å². The first-order chi connectivity index (χ1) is 15.7. The van der Waals surface area contributed by atoms with Crippen molar-refractivity contribution in [3.8, 4) is 21.8 Å². The summed E-state index contributed by atoms with van der Waals surface area (Å²) in [5.41, 5.74) is 5.16. The van der Waals surface area contributed by atoms with E-state index in [2.05, 4.69) is 10.1 Å². The molecular formula is C24H15N5O2S. The molecule has 4 aromatic heterocycles. The van der Waals surface area contributed by atoms with Crippen LogP contribution in [0.15, 0.2) is 78.6 Å². The highest BCUT2D eigenvalue weighted by atomic mass is 32.1. The van der Waals surface area contributed by atoms with Crippen LogP contribution in [-0.2, 0) is 6.54 Å². The zero-order valence-electron chi connectivity index (χ0n) is 16.7. The van der Waals surface area contributed by atoms with Gasteiger partial charge in [0.15, 0.2) is 0 Å². The molecule has 0 unspecified atom stereocenters. The van der Waals surface area contributed by atoms with Gasteiger partial charge in [0, 0.05) is 23.3 Å². The van der Waals surface area contributed by atoms with Gasteiger partial charge < -0.3 is 0 Å². The lowest BCUT2D eigenvalue weighted by molar-refractivity contribution is 0.0640. The molecule has 0 saturated heterocycles. The highest BCUT2D eigenvalue weighted by Gasteiger charge is 2.35. The second-order valence-corrected chi connectivity index (χ2v) is 8.26. The first-order valence-corrected chi connectivity index (χ1v) is 10.9. The summed E-state index contributed by atoms with van der Waals surface area (Å²) >= 11 is 1.54. The molecule has 0 radical (unpaired) electrons. The average molecular weight is 437 g/mol. The SMILES string of the molecule is O=C1c2ccccc2C(=O)N1Cc1cc(-c2csc(-c3cnn4ccccc34)n2)ccn1. The van der Waals surface area contributed by atoms with Crippen LogP contribution in [0, 0.1) is 0 Å². The van der Waals surface area contributed by atoms with Crippen LogP contribution in [0.25, 0.3) is 27.3 Å². The molecule has 0 N–H and O–H groups in total. The molecule has 7 nitrogen and oxygen atoms in total. The molecule has 1 aliphatic rings. The number of thiazole rings is 1. The Morgan fingerprint density at radius 2 is 1.69 bits per heavy atom. The smallest absolute Gasteiger partial charge is 0.261 e. The summed E-state index contributed by atoms with van der Waals surface area (Å²) in [6.45, 7) is 0.116. The molecule has 0 aliphatic carbocycles. The summed E-state index contributed by atoms with van der Waals surface area (Å²) < 4.78 is 1.82. The molecule has 154 valence electrons. The quantitative estimate of drug-likeness (QED) is 0.391. The third-order valence-electron chi connectivity index (χ3n) is 5.47. The van der Waals surface area contributed by atoms with Crippen molar-refractivity contribution in [2.45, 2.75) is 6.54 Å². The van der Waals surface area contributed by atoms with E-state index in [1.54, 1.807) is 41.8 Å². The van der Waals surface area contributed by atoms with E-state index < -0.39 is 0 Å². The van der Waals surface area contributed by atoms with Crippen molar-refractivity contribution in [1.29, 1.82) is 0 Å². The zero-order valence-corrected chi connectivity index (χ0v) is 17.5. The minimum Gasteiger partial charge on any atom is -0.269 e. The monoisotopic (exact) mass is 437 g/mol. The minimum atomic E-state index is -0.290. The molecule has 0 atom stereocenters. The van der Waals surface area contributed by atoms with Crippen LogP contribution >= 0.6 is 11.3 Å². The van der Waals surface area contributed by atoms with E-state index in [1.165, 1.54) is 4.90 Å². The predicted octanol–water partition coefficient (Wildman–Crippen LogP) is 4.32. The van der Waals surface area contributed by atoms with Gasteiger partial charge in [0.25, 0.3) is 11.8 Å². The topological polar surface area (TPSA) is 80.5 Å². The Balaban J connectivity index is 1.29. The van der Waals surface area contributed by atoms with Crippen molar-refractivity contribution < 1.29 is 9.59 Å². The van der Waals surface area contributed by atoms with Crippen LogP contribution in [0.3, 0.4) is 0 Å². The van der Waals surface area contributed by atoms with E-state index in [9.17, 15) is 9.59 Å². The first-order valence-electron chi connectivity index (χ1n) is 9.98. The van der Waals surface area contributed by atoms with Gasteiger partial charge in [-0.05, 0) is 36.4 Å². The van der Waals surface area contributed by atoms with Crippen LogP contribution in [0.2, 0.25) is 0 Å². The Labute approximate surface area is 186 Å². The van der Waals surface area contributed by atoms with Crippen molar-refractivity contribution in [2.24, 2.45) is 0 Å². The molecule has 1 aromatic carbocycles. The Kier molecular flexibility index (Phi) is 4.19. The number of imide groups is 1. The molecule has 0 spiro atoms. The number of carbonyl (C=O) groups is 2. The highest BCUT2D eigenvalue weighted by molar-refractivity contribution is 7.13. The van der Waals surface area contributed by atoms with Gasteiger partial charge in [-0.1, -0.05) is 18.2 Å². The van der Waals surface area contributed by atoms with Gasteiger partial charge in [0.2, 0.25) is 0 Å². The van der Waals surface area contributed by atoms with E-state index in [0.717, 1.165) is 27.3 Å². The van der Waals surface area contributed by atoms with Gasteiger partial charge in [-0.15, -0.1) is 11.3 Å². The van der Waals surface area contributed by atoms with Crippen LogP contribution in [-0.4, -0.2) is 36.3 Å². The molecule has 1 aliphatic heterocycles. The van der Waals surface area contributed by atoms with Crippen LogP contribution in [0.4, 0.5) is 0 Å². The lowest BCUT2D eigenvalue weighted by Gasteiger charge is -2.13.